The van der Waals surface area contributed by atoms with Gasteiger partial charge in [0.05, 0.1) is 24.3 Å². The largest absolute Gasteiger partial charge is 0.374 e. The maximum atomic E-state index is 13.1. The molecule has 5 heteroatoms. The number of benzene rings is 1. The van der Waals surface area contributed by atoms with Crippen molar-refractivity contribution in [3.63, 3.8) is 0 Å². The van der Waals surface area contributed by atoms with Gasteiger partial charge in [0, 0.05) is 26.2 Å². The first-order chi connectivity index (χ1) is 9.58. The van der Waals surface area contributed by atoms with Gasteiger partial charge in [-0.1, -0.05) is 6.07 Å². The van der Waals surface area contributed by atoms with Crippen LogP contribution < -0.4 is 0 Å². The van der Waals surface area contributed by atoms with Crippen molar-refractivity contribution in [1.29, 1.82) is 5.26 Å². The van der Waals surface area contributed by atoms with Crippen molar-refractivity contribution in [2.24, 2.45) is 0 Å². The molecule has 1 aliphatic heterocycles. The van der Waals surface area contributed by atoms with Gasteiger partial charge in [-0.25, -0.2) is 4.39 Å². The van der Waals surface area contributed by atoms with Crippen molar-refractivity contribution < 1.29 is 9.13 Å². The molecule has 1 atom stereocenters. The fourth-order valence-electron chi connectivity index (χ4n) is 2.47. The zero-order valence-electron chi connectivity index (χ0n) is 12.0. The molecule has 108 valence electrons. The number of hydrogen-bond donors (Lipinski definition) is 0. The SMILES string of the molecule is CN(C)CC1CN(Cc2ccc(F)cc2C#N)CCO1. The standard InChI is InChI=1S/C15H20FN3O/c1-18(2)10-15-11-19(5-6-20-15)9-12-3-4-14(16)7-13(12)8-17/h3-4,7,15H,5-6,9-11H2,1-2H3. The highest BCUT2D eigenvalue weighted by Crippen LogP contribution is 2.15. The van der Waals surface area contributed by atoms with Gasteiger partial charge in [-0.05, 0) is 31.8 Å². The van der Waals surface area contributed by atoms with E-state index in [4.69, 9.17) is 10.00 Å². The van der Waals surface area contributed by atoms with Crippen LogP contribution >= 0.6 is 0 Å². The number of nitrogens with zero attached hydrogens (tertiary/aromatic N) is 3. The van der Waals surface area contributed by atoms with Crippen LogP contribution in [0.3, 0.4) is 0 Å². The predicted octanol–water partition coefficient (Wildman–Crippen LogP) is 1.46. The van der Waals surface area contributed by atoms with Crippen molar-refractivity contribution in [2.75, 3.05) is 40.3 Å². The Morgan fingerprint density at radius 3 is 3.00 bits per heavy atom. The van der Waals surface area contributed by atoms with E-state index in [2.05, 4.69) is 15.9 Å². The normalized spacial score (nSPS) is 20.1. The Hall–Kier alpha value is -1.48. The third-order valence-electron chi connectivity index (χ3n) is 3.38. The third kappa shape index (κ3) is 4.01. The molecule has 1 unspecified atom stereocenters. The van der Waals surface area contributed by atoms with Gasteiger partial charge in [0.2, 0.25) is 0 Å². The molecule has 0 spiro atoms. The molecule has 0 saturated carbocycles. The zero-order chi connectivity index (χ0) is 14.5. The first-order valence-electron chi connectivity index (χ1n) is 6.75. The summed E-state index contributed by atoms with van der Waals surface area (Å²) in [5.41, 5.74) is 1.29. The van der Waals surface area contributed by atoms with E-state index in [1.54, 1.807) is 6.07 Å². The molecule has 1 saturated heterocycles. The molecule has 0 aliphatic carbocycles. The molecule has 1 aromatic carbocycles. The topological polar surface area (TPSA) is 39.5 Å². The van der Waals surface area contributed by atoms with Crippen LogP contribution in [0.4, 0.5) is 4.39 Å². The van der Waals surface area contributed by atoms with Gasteiger partial charge >= 0.3 is 0 Å². The summed E-state index contributed by atoms with van der Waals surface area (Å²) in [6, 6.07) is 6.47. The van der Waals surface area contributed by atoms with Crippen molar-refractivity contribution in [3.05, 3.63) is 35.1 Å². The lowest BCUT2D eigenvalue weighted by atomic mass is 10.1. The molecular formula is C15H20FN3O. The maximum Gasteiger partial charge on any atom is 0.124 e. The minimum Gasteiger partial charge on any atom is -0.374 e. The van der Waals surface area contributed by atoms with Gasteiger partial charge in [-0.15, -0.1) is 0 Å². The van der Waals surface area contributed by atoms with Crippen molar-refractivity contribution in [1.82, 2.24) is 9.80 Å². The molecule has 0 radical (unpaired) electrons. The molecule has 2 rings (SSSR count). The highest BCUT2D eigenvalue weighted by atomic mass is 19.1. The maximum absolute atomic E-state index is 13.1. The predicted molar refractivity (Wildman–Crippen MR) is 74.7 cm³/mol. The van der Waals surface area contributed by atoms with E-state index < -0.39 is 0 Å². The lowest BCUT2D eigenvalue weighted by molar-refractivity contribution is -0.0407. The van der Waals surface area contributed by atoms with Crippen LogP contribution in [-0.2, 0) is 11.3 Å². The average Bonchev–Trinajstić information content (AvgIpc) is 2.40. The summed E-state index contributed by atoms with van der Waals surface area (Å²) < 4.78 is 18.9. The van der Waals surface area contributed by atoms with Gasteiger partial charge in [0.1, 0.15) is 5.82 Å². The number of hydrogen-bond acceptors (Lipinski definition) is 4. The Balaban J connectivity index is 2.01. The van der Waals surface area contributed by atoms with Crippen LogP contribution in [-0.4, -0.2) is 56.2 Å². The van der Waals surface area contributed by atoms with Crippen molar-refractivity contribution in [3.8, 4) is 6.07 Å². The van der Waals surface area contributed by atoms with E-state index >= 15 is 0 Å². The third-order valence-corrected chi connectivity index (χ3v) is 3.38. The van der Waals surface area contributed by atoms with Gasteiger partial charge < -0.3 is 9.64 Å². The number of ether oxygens (including phenoxy) is 1. The van der Waals surface area contributed by atoms with Crippen LogP contribution in [0.5, 0.6) is 0 Å². The van der Waals surface area contributed by atoms with E-state index in [1.807, 2.05) is 14.1 Å². The smallest absolute Gasteiger partial charge is 0.124 e. The number of nitriles is 1. The van der Waals surface area contributed by atoms with Crippen molar-refractivity contribution >= 4 is 0 Å². The second kappa shape index (κ2) is 6.80. The number of halogens is 1. The first-order valence-corrected chi connectivity index (χ1v) is 6.75. The minimum absolute atomic E-state index is 0.185. The fraction of sp³-hybridized carbons (Fsp3) is 0.533. The molecule has 1 aliphatic rings. The second-order valence-corrected chi connectivity index (χ2v) is 5.40. The molecule has 0 N–H and O–H groups in total. The molecule has 0 aromatic heterocycles. The van der Waals surface area contributed by atoms with Crippen LogP contribution in [0.1, 0.15) is 11.1 Å². The summed E-state index contributed by atoms with van der Waals surface area (Å²) in [7, 11) is 4.05. The Kier molecular flexibility index (Phi) is 5.07. The molecule has 1 heterocycles. The van der Waals surface area contributed by atoms with E-state index in [9.17, 15) is 4.39 Å². The van der Waals surface area contributed by atoms with E-state index in [0.29, 0.717) is 18.7 Å². The summed E-state index contributed by atoms with van der Waals surface area (Å²) >= 11 is 0. The number of rotatable bonds is 4. The number of likely N-dealkylation sites (N-methyl/N-ethyl adjacent to an activating group) is 1. The Morgan fingerprint density at radius 2 is 2.30 bits per heavy atom. The number of morpholine rings is 1. The van der Waals surface area contributed by atoms with Crippen LogP contribution in [0.25, 0.3) is 0 Å². The molecule has 0 amide bonds. The highest BCUT2D eigenvalue weighted by molar-refractivity contribution is 5.37. The Morgan fingerprint density at radius 1 is 1.50 bits per heavy atom. The van der Waals surface area contributed by atoms with Gasteiger partial charge in [-0.3, -0.25) is 4.90 Å². The summed E-state index contributed by atoms with van der Waals surface area (Å²) in [6.07, 6.45) is 0.185. The molecule has 20 heavy (non-hydrogen) atoms. The van der Waals surface area contributed by atoms with Gasteiger partial charge in [0.15, 0.2) is 0 Å². The van der Waals surface area contributed by atoms with Crippen LogP contribution in [0, 0.1) is 17.1 Å². The van der Waals surface area contributed by atoms with Crippen LogP contribution in [0.15, 0.2) is 18.2 Å². The highest BCUT2D eigenvalue weighted by Gasteiger charge is 2.21. The molecule has 0 bridgehead atoms. The Labute approximate surface area is 119 Å². The summed E-state index contributed by atoms with van der Waals surface area (Å²) in [6.45, 7) is 3.91. The lowest BCUT2D eigenvalue weighted by Gasteiger charge is -2.34. The first kappa shape index (κ1) is 14.9. The molecular weight excluding hydrogens is 257 g/mol. The average molecular weight is 277 g/mol. The van der Waals surface area contributed by atoms with Gasteiger partial charge in [-0.2, -0.15) is 5.26 Å². The summed E-state index contributed by atoms with van der Waals surface area (Å²) in [4.78, 5) is 4.36. The summed E-state index contributed by atoms with van der Waals surface area (Å²) in [5, 5.41) is 9.08. The molecule has 1 fully saturated rings. The lowest BCUT2D eigenvalue weighted by Crippen LogP contribution is -2.46. The van der Waals surface area contributed by atoms with E-state index in [-0.39, 0.29) is 11.9 Å². The summed E-state index contributed by atoms with van der Waals surface area (Å²) in [5.74, 6) is -0.363. The quantitative estimate of drug-likeness (QED) is 0.835. The minimum atomic E-state index is -0.363. The fourth-order valence-corrected chi connectivity index (χ4v) is 2.47. The van der Waals surface area contributed by atoms with Crippen molar-refractivity contribution in [2.45, 2.75) is 12.6 Å². The van der Waals surface area contributed by atoms with Gasteiger partial charge in [0.25, 0.3) is 0 Å². The monoisotopic (exact) mass is 277 g/mol. The van der Waals surface area contributed by atoms with Crippen LogP contribution in [0.2, 0.25) is 0 Å². The van der Waals surface area contributed by atoms with E-state index in [0.717, 1.165) is 25.2 Å². The Bertz CT molecular complexity index is 498. The second-order valence-electron chi connectivity index (χ2n) is 5.40. The molecule has 1 aromatic rings. The van der Waals surface area contributed by atoms with E-state index in [1.165, 1.54) is 12.1 Å². The zero-order valence-corrected chi connectivity index (χ0v) is 12.0. The molecule has 4 nitrogen and oxygen atoms in total.